The molecule has 1 N–H and O–H groups in total. The second-order valence-electron chi connectivity index (χ2n) is 4.03. The molecule has 0 radical (unpaired) electrons. The summed E-state index contributed by atoms with van der Waals surface area (Å²) in [5.74, 6) is 0.102. The van der Waals surface area contributed by atoms with Crippen molar-refractivity contribution in [1.29, 1.82) is 0 Å². The molecule has 0 atom stereocenters. The molecule has 0 amide bonds. The molecule has 94 valence electrons. The largest absolute Gasteiger partial charge is 0.464 e. The zero-order chi connectivity index (χ0) is 13.2. The summed E-state index contributed by atoms with van der Waals surface area (Å²) in [4.78, 5) is 22.9. The topological polar surface area (TPSA) is 67.9 Å². The molecule has 0 unspecified atom stereocenters. The van der Waals surface area contributed by atoms with Crippen molar-refractivity contribution in [2.75, 3.05) is 7.11 Å². The van der Waals surface area contributed by atoms with Crippen LogP contribution in [0.3, 0.4) is 0 Å². The number of rotatable bonds is 2. The van der Waals surface area contributed by atoms with E-state index in [-0.39, 0.29) is 0 Å². The van der Waals surface area contributed by atoms with Crippen LogP contribution in [-0.4, -0.2) is 28.0 Å². The first kappa shape index (κ1) is 11.4. The van der Waals surface area contributed by atoms with Gasteiger partial charge in [0, 0.05) is 5.39 Å². The van der Waals surface area contributed by atoms with E-state index in [0.29, 0.717) is 17.2 Å². The Bertz CT molecular complexity index is 749. The third-order valence-corrected chi connectivity index (χ3v) is 2.82. The van der Waals surface area contributed by atoms with E-state index < -0.39 is 5.97 Å². The van der Waals surface area contributed by atoms with Crippen molar-refractivity contribution in [2.45, 2.75) is 0 Å². The molecule has 2 aromatic heterocycles. The summed E-state index contributed by atoms with van der Waals surface area (Å²) in [5, 5.41) is 1.06. The summed E-state index contributed by atoms with van der Waals surface area (Å²) in [5.41, 5.74) is 1.89. The molecule has 0 bridgehead atoms. The van der Waals surface area contributed by atoms with Gasteiger partial charge in [-0.05, 0) is 12.1 Å². The lowest BCUT2D eigenvalue weighted by Crippen LogP contribution is -2.01. The highest BCUT2D eigenvalue weighted by Gasteiger charge is 2.11. The summed E-state index contributed by atoms with van der Waals surface area (Å²) >= 11 is 0. The summed E-state index contributed by atoms with van der Waals surface area (Å²) in [7, 11) is 1.33. The van der Waals surface area contributed by atoms with Crippen LogP contribution in [0.5, 0.6) is 0 Å². The third-order valence-electron chi connectivity index (χ3n) is 2.82. The molecule has 1 aromatic carbocycles. The molecule has 0 aliphatic rings. The van der Waals surface area contributed by atoms with Gasteiger partial charge < -0.3 is 9.72 Å². The number of imidazole rings is 1. The first-order chi connectivity index (χ1) is 9.28. The number of para-hydroxylation sites is 1. The van der Waals surface area contributed by atoms with Crippen LogP contribution < -0.4 is 0 Å². The van der Waals surface area contributed by atoms with E-state index in [2.05, 4.69) is 19.7 Å². The normalized spacial score (nSPS) is 10.6. The van der Waals surface area contributed by atoms with Gasteiger partial charge in [-0.3, -0.25) is 0 Å². The van der Waals surface area contributed by atoms with Crippen molar-refractivity contribution in [3.05, 3.63) is 48.3 Å². The number of aromatic nitrogens is 3. The van der Waals surface area contributed by atoms with Gasteiger partial charge in [-0.25, -0.2) is 14.8 Å². The van der Waals surface area contributed by atoms with Gasteiger partial charge in [0.2, 0.25) is 0 Å². The fraction of sp³-hybridized carbons (Fsp3) is 0.0714. The number of ether oxygens (including phenoxy) is 1. The summed E-state index contributed by atoms with van der Waals surface area (Å²) in [6.07, 6.45) is 1.44. The lowest BCUT2D eigenvalue weighted by Gasteiger charge is -2.00. The second kappa shape index (κ2) is 4.53. The number of fused-ring (bicyclic) bond motifs is 1. The number of hydrogen-bond donors (Lipinski definition) is 1. The zero-order valence-electron chi connectivity index (χ0n) is 10.3. The lowest BCUT2D eigenvalue weighted by molar-refractivity contribution is 0.0595. The van der Waals surface area contributed by atoms with Crippen LogP contribution in [0.25, 0.3) is 22.4 Å². The Morgan fingerprint density at radius 3 is 2.89 bits per heavy atom. The minimum atomic E-state index is -0.445. The van der Waals surface area contributed by atoms with E-state index in [0.717, 1.165) is 10.9 Å². The molecule has 5 nitrogen and oxygen atoms in total. The van der Waals surface area contributed by atoms with E-state index >= 15 is 0 Å². The average Bonchev–Trinajstić information content (AvgIpc) is 2.95. The molecular weight excluding hydrogens is 242 g/mol. The molecule has 3 aromatic rings. The Labute approximate surface area is 109 Å². The van der Waals surface area contributed by atoms with Gasteiger partial charge in [0.05, 0.1) is 18.8 Å². The molecule has 0 aliphatic heterocycles. The SMILES string of the molecule is COC(=O)c1cnc(-c2ccc3ccccc3n2)[nH]1. The van der Waals surface area contributed by atoms with Crippen molar-refractivity contribution in [1.82, 2.24) is 15.0 Å². The van der Waals surface area contributed by atoms with Crippen molar-refractivity contribution in [3.63, 3.8) is 0 Å². The molecule has 0 fully saturated rings. The Morgan fingerprint density at radius 1 is 1.21 bits per heavy atom. The number of aromatic amines is 1. The minimum Gasteiger partial charge on any atom is -0.464 e. The summed E-state index contributed by atoms with van der Waals surface area (Å²) in [6, 6.07) is 11.7. The van der Waals surface area contributed by atoms with Crippen molar-refractivity contribution in [3.8, 4) is 11.5 Å². The van der Waals surface area contributed by atoms with Gasteiger partial charge in [0.15, 0.2) is 5.82 Å². The van der Waals surface area contributed by atoms with Gasteiger partial charge in [-0.2, -0.15) is 0 Å². The highest BCUT2D eigenvalue weighted by atomic mass is 16.5. The van der Waals surface area contributed by atoms with Crippen molar-refractivity contribution >= 4 is 16.9 Å². The lowest BCUT2D eigenvalue weighted by atomic mass is 10.2. The number of H-pyrrole nitrogens is 1. The van der Waals surface area contributed by atoms with Crippen LogP contribution >= 0.6 is 0 Å². The number of carbonyl (C=O) groups excluding carboxylic acids is 1. The molecule has 0 saturated carbocycles. The number of esters is 1. The van der Waals surface area contributed by atoms with Crippen LogP contribution in [0.1, 0.15) is 10.5 Å². The van der Waals surface area contributed by atoms with Crippen LogP contribution in [0.15, 0.2) is 42.6 Å². The van der Waals surface area contributed by atoms with Crippen LogP contribution in [-0.2, 0) is 4.74 Å². The Kier molecular flexibility index (Phi) is 2.72. The average molecular weight is 253 g/mol. The van der Waals surface area contributed by atoms with E-state index in [1.54, 1.807) is 0 Å². The molecule has 5 heteroatoms. The number of hydrogen-bond acceptors (Lipinski definition) is 4. The minimum absolute atomic E-state index is 0.312. The Morgan fingerprint density at radius 2 is 2.05 bits per heavy atom. The number of pyridine rings is 1. The fourth-order valence-electron chi connectivity index (χ4n) is 1.86. The maximum absolute atomic E-state index is 11.4. The molecule has 19 heavy (non-hydrogen) atoms. The van der Waals surface area contributed by atoms with Gasteiger partial charge in [-0.1, -0.05) is 24.3 Å². The number of methoxy groups -OCH3 is 1. The molecule has 0 aliphatic carbocycles. The fourth-order valence-corrected chi connectivity index (χ4v) is 1.86. The standard InChI is InChI=1S/C14H11N3O2/c1-19-14(18)12-8-15-13(17-12)11-7-6-9-4-2-3-5-10(9)16-11/h2-8H,1H3,(H,15,17). The first-order valence-corrected chi connectivity index (χ1v) is 5.77. The van der Waals surface area contributed by atoms with E-state index in [1.165, 1.54) is 13.3 Å². The van der Waals surface area contributed by atoms with Gasteiger partial charge in [0.25, 0.3) is 0 Å². The predicted molar refractivity (Wildman–Crippen MR) is 70.7 cm³/mol. The number of benzene rings is 1. The number of nitrogens with one attached hydrogen (secondary N) is 1. The monoisotopic (exact) mass is 253 g/mol. The zero-order valence-corrected chi connectivity index (χ0v) is 10.3. The predicted octanol–water partition coefficient (Wildman–Crippen LogP) is 2.41. The van der Waals surface area contributed by atoms with Crippen LogP contribution in [0.2, 0.25) is 0 Å². The van der Waals surface area contributed by atoms with E-state index in [4.69, 9.17) is 0 Å². The van der Waals surface area contributed by atoms with Crippen LogP contribution in [0.4, 0.5) is 0 Å². The number of carbonyl (C=O) groups is 1. The molecule has 0 spiro atoms. The van der Waals surface area contributed by atoms with E-state index in [9.17, 15) is 4.79 Å². The highest BCUT2D eigenvalue weighted by Crippen LogP contribution is 2.18. The summed E-state index contributed by atoms with van der Waals surface area (Å²) in [6.45, 7) is 0. The molecular formula is C14H11N3O2. The highest BCUT2D eigenvalue weighted by molar-refractivity contribution is 5.87. The maximum atomic E-state index is 11.4. The van der Waals surface area contributed by atoms with Crippen molar-refractivity contribution < 1.29 is 9.53 Å². The smallest absolute Gasteiger partial charge is 0.356 e. The Hall–Kier alpha value is -2.69. The second-order valence-corrected chi connectivity index (χ2v) is 4.03. The Balaban J connectivity index is 2.04. The van der Waals surface area contributed by atoms with Crippen LogP contribution in [0, 0.1) is 0 Å². The molecule has 3 rings (SSSR count). The molecule has 2 heterocycles. The third kappa shape index (κ3) is 2.06. The summed E-state index contributed by atoms with van der Waals surface area (Å²) < 4.78 is 4.63. The van der Waals surface area contributed by atoms with Gasteiger partial charge >= 0.3 is 5.97 Å². The molecule has 0 saturated heterocycles. The van der Waals surface area contributed by atoms with Gasteiger partial charge in [0.1, 0.15) is 11.4 Å². The quantitative estimate of drug-likeness (QED) is 0.712. The van der Waals surface area contributed by atoms with Gasteiger partial charge in [-0.15, -0.1) is 0 Å². The number of nitrogens with zero attached hydrogens (tertiary/aromatic N) is 2. The van der Waals surface area contributed by atoms with E-state index in [1.807, 2.05) is 36.4 Å². The van der Waals surface area contributed by atoms with Crippen molar-refractivity contribution in [2.24, 2.45) is 0 Å². The maximum Gasteiger partial charge on any atom is 0.356 e. The first-order valence-electron chi connectivity index (χ1n) is 5.77.